The number of rotatable bonds is 7. The van der Waals surface area contributed by atoms with Gasteiger partial charge in [0, 0.05) is 43.5 Å². The van der Waals surface area contributed by atoms with Gasteiger partial charge in [-0.1, -0.05) is 23.7 Å². The lowest BCUT2D eigenvalue weighted by Gasteiger charge is -2.28. The molecule has 0 unspecified atom stereocenters. The van der Waals surface area contributed by atoms with Crippen molar-refractivity contribution in [2.45, 2.75) is 72.3 Å². The van der Waals surface area contributed by atoms with Gasteiger partial charge in [0.15, 0.2) is 11.3 Å². The molecule has 0 atom stereocenters. The van der Waals surface area contributed by atoms with Crippen LogP contribution in [0.25, 0.3) is 11.3 Å². The minimum atomic E-state index is -3.47. The molecule has 17 nitrogen and oxygen atoms in total. The number of hydrogen-bond donors (Lipinski definition) is 0. The van der Waals surface area contributed by atoms with Gasteiger partial charge in [-0.15, -0.1) is 0 Å². The summed E-state index contributed by atoms with van der Waals surface area (Å²) in [4.78, 5) is 46.0. The molecule has 1 aliphatic rings. The molecular weight excluding hydrogens is 922 g/mol. The number of ether oxygens (including phenoxy) is 2. The number of amides is 2. The van der Waals surface area contributed by atoms with Crippen LogP contribution in [-0.4, -0.2) is 83.3 Å². The number of hydrogen-bond acceptors (Lipinski definition) is 12. The standard InChI is InChI=1S/C20H23BrN6O4S.C17H17BrClN5O2/c1-20(2,3)31-19(28)25(13-14-6-4-7-22-11-14)17-10-16(26-8-5-9-32(26,29)30)24-18-15(21)12-23-27(17)18;1-17(2,3)26-16(25)23(10-11-5-4-6-20-8-11)14-7-13(19)22-15-12(18)9-21-24(14)15/h4,6-7,10-12H,5,8-9,13H2,1-3H3;4-9H,10H2,1-3H3. The van der Waals surface area contributed by atoms with Gasteiger partial charge in [0.05, 0.1) is 40.2 Å². The van der Waals surface area contributed by atoms with Gasteiger partial charge in [0.2, 0.25) is 10.0 Å². The molecule has 0 aliphatic carbocycles. The Kier molecular flexibility index (Phi) is 12.6. The third-order valence-corrected chi connectivity index (χ3v) is 11.2. The van der Waals surface area contributed by atoms with Crippen LogP contribution in [0, 0.1) is 0 Å². The minimum Gasteiger partial charge on any atom is -0.443 e. The van der Waals surface area contributed by atoms with E-state index in [0.29, 0.717) is 44.8 Å². The quantitative estimate of drug-likeness (QED) is 0.142. The minimum absolute atomic E-state index is 0.0566. The van der Waals surface area contributed by atoms with Gasteiger partial charge < -0.3 is 9.47 Å². The summed E-state index contributed by atoms with van der Waals surface area (Å²) in [6, 6.07) is 10.4. The Hall–Kier alpha value is -4.92. The second-order valence-electron chi connectivity index (χ2n) is 15.0. The largest absolute Gasteiger partial charge is 0.443 e. The van der Waals surface area contributed by atoms with Crippen molar-refractivity contribution in [3.8, 4) is 0 Å². The molecular formula is C37H40Br2ClN11O6S. The van der Waals surface area contributed by atoms with E-state index >= 15 is 0 Å². The van der Waals surface area contributed by atoms with Gasteiger partial charge in [0.1, 0.15) is 33.8 Å². The van der Waals surface area contributed by atoms with E-state index in [1.165, 1.54) is 23.1 Å². The first-order chi connectivity index (χ1) is 27.3. The average Bonchev–Trinajstić information content (AvgIpc) is 3.83. The lowest BCUT2D eigenvalue weighted by atomic mass is 10.2. The molecule has 21 heteroatoms. The molecule has 1 fully saturated rings. The van der Waals surface area contributed by atoms with Crippen LogP contribution in [-0.2, 0) is 32.6 Å². The summed E-state index contributed by atoms with van der Waals surface area (Å²) in [5, 5.41) is 8.87. The fourth-order valence-corrected chi connectivity index (χ4v) is 8.04. The Labute approximate surface area is 356 Å². The molecule has 306 valence electrons. The molecule has 1 saturated heterocycles. The second-order valence-corrected chi connectivity index (χ2v) is 19.1. The van der Waals surface area contributed by atoms with Crippen molar-refractivity contribution < 1.29 is 27.5 Å². The Balaban J connectivity index is 0.000000200. The third kappa shape index (κ3) is 10.2. The highest BCUT2D eigenvalue weighted by atomic mass is 79.9. The number of pyridine rings is 2. The van der Waals surface area contributed by atoms with E-state index in [1.54, 1.807) is 76.2 Å². The summed E-state index contributed by atoms with van der Waals surface area (Å²) in [5.41, 5.74) is 1.12. The van der Waals surface area contributed by atoms with Crippen molar-refractivity contribution in [3.05, 3.63) is 98.8 Å². The summed E-state index contributed by atoms with van der Waals surface area (Å²) >= 11 is 13.0. The Morgan fingerprint density at radius 1 is 0.776 bits per heavy atom. The van der Waals surface area contributed by atoms with Crippen LogP contribution in [0.3, 0.4) is 0 Å². The number of halogens is 3. The first kappa shape index (κ1) is 42.7. The maximum Gasteiger partial charge on any atom is 0.416 e. The van der Waals surface area contributed by atoms with E-state index in [-0.39, 0.29) is 29.8 Å². The molecule has 0 bridgehead atoms. The highest BCUT2D eigenvalue weighted by molar-refractivity contribution is 9.11. The molecule has 0 spiro atoms. The zero-order chi connectivity index (χ0) is 42.0. The summed E-state index contributed by atoms with van der Waals surface area (Å²) in [7, 11) is -3.47. The Morgan fingerprint density at radius 2 is 1.26 bits per heavy atom. The fraction of sp³-hybridized carbons (Fsp3) is 0.351. The van der Waals surface area contributed by atoms with E-state index in [0.717, 1.165) is 11.1 Å². The van der Waals surface area contributed by atoms with E-state index in [1.807, 2.05) is 39.0 Å². The molecule has 1 aliphatic heterocycles. The van der Waals surface area contributed by atoms with Gasteiger partial charge in [-0.05, 0) is 103 Å². The number of sulfonamides is 1. The van der Waals surface area contributed by atoms with Crippen molar-refractivity contribution in [2.75, 3.05) is 26.4 Å². The van der Waals surface area contributed by atoms with E-state index in [2.05, 4.69) is 62.0 Å². The molecule has 0 aromatic carbocycles. The van der Waals surface area contributed by atoms with Crippen molar-refractivity contribution in [3.63, 3.8) is 0 Å². The zero-order valence-corrected chi connectivity index (χ0v) is 37.1. The lowest BCUT2D eigenvalue weighted by molar-refractivity contribution is 0.0564. The smallest absolute Gasteiger partial charge is 0.416 e. The fourth-order valence-electron chi connectivity index (χ4n) is 5.67. The molecule has 6 aromatic heterocycles. The topological polar surface area (TPSA) is 183 Å². The number of anilines is 3. The molecule has 7 heterocycles. The van der Waals surface area contributed by atoms with Crippen LogP contribution in [0.4, 0.5) is 27.0 Å². The van der Waals surface area contributed by atoms with Crippen LogP contribution in [0.2, 0.25) is 5.15 Å². The predicted molar refractivity (Wildman–Crippen MR) is 225 cm³/mol. The van der Waals surface area contributed by atoms with Gasteiger partial charge in [-0.25, -0.2) is 28.0 Å². The maximum absolute atomic E-state index is 13.3. The van der Waals surface area contributed by atoms with E-state index in [9.17, 15) is 18.0 Å². The Bertz CT molecular complexity index is 2550. The van der Waals surface area contributed by atoms with Gasteiger partial charge >= 0.3 is 12.2 Å². The number of aromatic nitrogens is 8. The first-order valence-electron chi connectivity index (χ1n) is 17.8. The summed E-state index contributed by atoms with van der Waals surface area (Å²) in [6.45, 7) is 11.5. The highest BCUT2D eigenvalue weighted by Crippen LogP contribution is 2.32. The van der Waals surface area contributed by atoms with Crippen molar-refractivity contribution in [2.24, 2.45) is 0 Å². The van der Waals surface area contributed by atoms with Crippen LogP contribution in [0.15, 0.2) is 82.5 Å². The number of nitrogens with zero attached hydrogens (tertiary/aromatic N) is 11. The summed E-state index contributed by atoms with van der Waals surface area (Å²) in [6.07, 6.45) is 9.20. The molecule has 2 amide bonds. The maximum atomic E-state index is 13.3. The monoisotopic (exact) mass is 959 g/mol. The molecule has 0 N–H and O–H groups in total. The highest BCUT2D eigenvalue weighted by Gasteiger charge is 2.33. The Morgan fingerprint density at radius 3 is 1.69 bits per heavy atom. The number of carbonyl (C=O) groups is 2. The van der Waals surface area contributed by atoms with Crippen LogP contribution in [0.1, 0.15) is 59.1 Å². The van der Waals surface area contributed by atoms with Gasteiger partial charge in [-0.3, -0.25) is 24.1 Å². The number of carbonyl (C=O) groups excluding carboxylic acids is 2. The molecule has 0 radical (unpaired) electrons. The SMILES string of the molecule is CC(C)(C)OC(=O)N(Cc1cccnc1)c1cc(Cl)nc2c(Br)cnn12.CC(C)(C)OC(=O)N(Cc1cccnc1)c1cc(N2CCCS2(=O)=O)nc2c(Br)cnn12. The van der Waals surface area contributed by atoms with Crippen molar-refractivity contribution >= 4 is 94.4 Å². The van der Waals surface area contributed by atoms with Crippen molar-refractivity contribution in [1.82, 2.24) is 39.2 Å². The van der Waals surface area contributed by atoms with E-state index in [4.69, 9.17) is 21.1 Å². The molecule has 7 rings (SSSR count). The molecule has 6 aromatic rings. The third-order valence-electron chi connectivity index (χ3n) is 8.04. The van der Waals surface area contributed by atoms with Gasteiger partial charge in [-0.2, -0.15) is 19.2 Å². The van der Waals surface area contributed by atoms with Crippen LogP contribution < -0.4 is 14.1 Å². The molecule has 0 saturated carbocycles. The van der Waals surface area contributed by atoms with Crippen LogP contribution in [0.5, 0.6) is 0 Å². The van der Waals surface area contributed by atoms with Crippen LogP contribution >= 0.6 is 43.5 Å². The first-order valence-corrected chi connectivity index (χ1v) is 21.4. The second kappa shape index (κ2) is 17.1. The zero-order valence-electron chi connectivity index (χ0n) is 32.4. The lowest BCUT2D eigenvalue weighted by Crippen LogP contribution is -2.38. The van der Waals surface area contributed by atoms with Crippen molar-refractivity contribution in [1.29, 1.82) is 0 Å². The normalized spacial score (nSPS) is 13.9. The number of fused-ring (bicyclic) bond motifs is 2. The van der Waals surface area contributed by atoms with Gasteiger partial charge in [0.25, 0.3) is 0 Å². The molecule has 58 heavy (non-hydrogen) atoms. The average molecular weight is 962 g/mol. The summed E-state index contributed by atoms with van der Waals surface area (Å²) < 4.78 is 41.9. The van der Waals surface area contributed by atoms with E-state index < -0.39 is 33.4 Å². The summed E-state index contributed by atoms with van der Waals surface area (Å²) in [5.74, 6) is 1.06. The predicted octanol–water partition coefficient (Wildman–Crippen LogP) is 7.85.